The summed E-state index contributed by atoms with van der Waals surface area (Å²) in [4.78, 5) is 6.57. The molecule has 0 aromatic carbocycles. The summed E-state index contributed by atoms with van der Waals surface area (Å²) in [5, 5.41) is 1.49. The van der Waals surface area contributed by atoms with Gasteiger partial charge in [-0.3, -0.25) is 0 Å². The maximum Gasteiger partial charge on any atom is 0.0993 e. The van der Waals surface area contributed by atoms with Crippen molar-refractivity contribution in [1.29, 1.82) is 0 Å². The summed E-state index contributed by atoms with van der Waals surface area (Å²) >= 11 is 1.98. The minimum absolute atomic E-state index is 0.469. The zero-order valence-electron chi connectivity index (χ0n) is 12.1. The van der Waals surface area contributed by atoms with E-state index in [1.54, 1.807) is 0 Å². The van der Waals surface area contributed by atoms with E-state index in [4.69, 9.17) is 10.7 Å². The first-order valence-electron chi connectivity index (χ1n) is 8.46. The maximum absolute atomic E-state index is 5.99. The fraction of sp³-hybridized carbons (Fsp3) is 0.824. The van der Waals surface area contributed by atoms with Crippen LogP contribution in [0.4, 0.5) is 0 Å². The largest absolute Gasteiger partial charge is 0.326 e. The van der Waals surface area contributed by atoms with Gasteiger partial charge in [-0.05, 0) is 69.1 Å². The highest BCUT2D eigenvalue weighted by Crippen LogP contribution is 2.61. The fourth-order valence-electron chi connectivity index (χ4n) is 5.78. The number of nitrogens with two attached hydrogens (primary N) is 1. The standard InChI is InChI=1S/C17H24N2S/c18-9-14-15(13-1-2-13)19-16(20-14)17-6-10-3-11(7-17)5-12(4-10)8-17/h10-13H,1-9,18H2. The Balaban J connectivity index is 1.55. The van der Waals surface area contributed by atoms with Gasteiger partial charge in [0, 0.05) is 22.8 Å². The molecule has 3 heteroatoms. The Kier molecular flexibility index (Phi) is 2.48. The monoisotopic (exact) mass is 288 g/mol. The number of thiazole rings is 1. The SMILES string of the molecule is NCc1sc(C23CC4CC(CC(C4)C2)C3)nc1C1CC1. The minimum atomic E-state index is 0.469. The van der Waals surface area contributed by atoms with Crippen LogP contribution in [-0.4, -0.2) is 4.98 Å². The van der Waals surface area contributed by atoms with Gasteiger partial charge in [0.25, 0.3) is 0 Å². The van der Waals surface area contributed by atoms with Crippen molar-refractivity contribution in [3.63, 3.8) is 0 Å². The Morgan fingerprint density at radius 1 is 1.05 bits per heavy atom. The number of hydrogen-bond donors (Lipinski definition) is 1. The van der Waals surface area contributed by atoms with E-state index >= 15 is 0 Å². The van der Waals surface area contributed by atoms with E-state index in [9.17, 15) is 0 Å². The van der Waals surface area contributed by atoms with Crippen LogP contribution in [0.15, 0.2) is 0 Å². The van der Waals surface area contributed by atoms with E-state index in [1.165, 1.54) is 66.9 Å². The smallest absolute Gasteiger partial charge is 0.0993 e. The van der Waals surface area contributed by atoms with Gasteiger partial charge in [-0.15, -0.1) is 11.3 Å². The fourth-order valence-corrected chi connectivity index (χ4v) is 7.03. The summed E-state index contributed by atoms with van der Waals surface area (Å²) < 4.78 is 0. The molecule has 0 radical (unpaired) electrons. The van der Waals surface area contributed by atoms with Gasteiger partial charge in [-0.1, -0.05) is 0 Å². The Bertz CT molecular complexity index is 508. The number of aromatic nitrogens is 1. The summed E-state index contributed by atoms with van der Waals surface area (Å²) in [7, 11) is 0. The topological polar surface area (TPSA) is 38.9 Å². The van der Waals surface area contributed by atoms with Gasteiger partial charge in [0.1, 0.15) is 0 Å². The molecule has 0 aliphatic heterocycles. The quantitative estimate of drug-likeness (QED) is 0.914. The van der Waals surface area contributed by atoms with Crippen LogP contribution in [0.3, 0.4) is 0 Å². The molecule has 5 aliphatic rings. The molecule has 1 aromatic rings. The van der Waals surface area contributed by atoms with Gasteiger partial charge in [0.05, 0.1) is 10.7 Å². The summed E-state index contributed by atoms with van der Waals surface area (Å²) in [5.74, 6) is 3.79. The van der Waals surface area contributed by atoms with Gasteiger partial charge in [-0.2, -0.15) is 0 Å². The van der Waals surface area contributed by atoms with E-state index in [0.29, 0.717) is 12.0 Å². The van der Waals surface area contributed by atoms with E-state index in [0.717, 1.165) is 23.7 Å². The summed E-state index contributed by atoms with van der Waals surface area (Å²) in [6.07, 6.45) is 11.5. The molecule has 6 rings (SSSR count). The first kappa shape index (κ1) is 12.2. The second-order valence-corrected chi connectivity index (χ2v) is 9.09. The molecule has 1 heterocycles. The van der Waals surface area contributed by atoms with Crippen molar-refractivity contribution in [2.24, 2.45) is 23.5 Å². The van der Waals surface area contributed by atoms with Crippen LogP contribution >= 0.6 is 11.3 Å². The predicted octanol–water partition coefficient (Wildman–Crippen LogP) is 3.95. The van der Waals surface area contributed by atoms with E-state index in [1.807, 2.05) is 11.3 Å². The molecule has 5 aliphatic carbocycles. The predicted molar refractivity (Wildman–Crippen MR) is 81.8 cm³/mol. The molecule has 20 heavy (non-hydrogen) atoms. The Hall–Kier alpha value is -0.410. The molecule has 0 saturated heterocycles. The van der Waals surface area contributed by atoms with Gasteiger partial charge >= 0.3 is 0 Å². The Labute approximate surface area is 125 Å². The van der Waals surface area contributed by atoms with Crippen molar-refractivity contribution in [1.82, 2.24) is 4.98 Å². The van der Waals surface area contributed by atoms with E-state index in [-0.39, 0.29) is 0 Å². The third-order valence-electron chi connectivity index (χ3n) is 6.37. The van der Waals surface area contributed by atoms with Crippen molar-refractivity contribution < 1.29 is 0 Å². The van der Waals surface area contributed by atoms with Crippen molar-refractivity contribution in [3.05, 3.63) is 15.6 Å². The first-order chi connectivity index (χ1) is 9.76. The summed E-state index contributed by atoms with van der Waals surface area (Å²) in [6, 6.07) is 0. The molecular weight excluding hydrogens is 264 g/mol. The Morgan fingerprint density at radius 3 is 2.15 bits per heavy atom. The Morgan fingerprint density at radius 2 is 1.65 bits per heavy atom. The maximum atomic E-state index is 5.99. The lowest BCUT2D eigenvalue weighted by atomic mass is 9.50. The highest BCUT2D eigenvalue weighted by atomic mass is 32.1. The lowest BCUT2D eigenvalue weighted by molar-refractivity contribution is -0.00533. The van der Waals surface area contributed by atoms with Crippen molar-refractivity contribution >= 4 is 11.3 Å². The second kappa shape index (κ2) is 4.07. The molecule has 4 bridgehead atoms. The molecule has 5 saturated carbocycles. The van der Waals surface area contributed by atoms with E-state index in [2.05, 4.69) is 0 Å². The van der Waals surface area contributed by atoms with Crippen molar-refractivity contribution in [2.75, 3.05) is 0 Å². The highest BCUT2D eigenvalue weighted by molar-refractivity contribution is 7.11. The molecule has 2 nitrogen and oxygen atoms in total. The number of nitrogens with zero attached hydrogens (tertiary/aromatic N) is 1. The average Bonchev–Trinajstić information content (AvgIpc) is 3.16. The molecule has 0 atom stereocenters. The third kappa shape index (κ3) is 1.69. The zero-order valence-corrected chi connectivity index (χ0v) is 12.9. The summed E-state index contributed by atoms with van der Waals surface area (Å²) in [6.45, 7) is 0.704. The van der Waals surface area contributed by atoms with Crippen LogP contribution in [0.1, 0.15) is 72.9 Å². The molecule has 0 spiro atoms. The van der Waals surface area contributed by atoms with Crippen LogP contribution in [0, 0.1) is 17.8 Å². The third-order valence-corrected chi connectivity index (χ3v) is 7.71. The van der Waals surface area contributed by atoms with Crippen LogP contribution < -0.4 is 5.73 Å². The molecule has 5 fully saturated rings. The van der Waals surface area contributed by atoms with Crippen LogP contribution in [0.2, 0.25) is 0 Å². The van der Waals surface area contributed by atoms with Crippen LogP contribution in [0.25, 0.3) is 0 Å². The highest BCUT2D eigenvalue weighted by Gasteiger charge is 2.53. The first-order valence-corrected chi connectivity index (χ1v) is 9.27. The average molecular weight is 288 g/mol. The summed E-state index contributed by atoms with van der Waals surface area (Å²) in [5.41, 5.74) is 7.85. The van der Waals surface area contributed by atoms with Gasteiger partial charge in [-0.25, -0.2) is 4.98 Å². The second-order valence-electron chi connectivity index (χ2n) is 8.00. The van der Waals surface area contributed by atoms with E-state index < -0.39 is 0 Å². The van der Waals surface area contributed by atoms with Gasteiger partial charge in [0.15, 0.2) is 0 Å². The van der Waals surface area contributed by atoms with Crippen LogP contribution in [0.5, 0.6) is 0 Å². The van der Waals surface area contributed by atoms with Gasteiger partial charge in [0.2, 0.25) is 0 Å². The minimum Gasteiger partial charge on any atom is -0.326 e. The van der Waals surface area contributed by atoms with Crippen molar-refractivity contribution in [2.45, 2.75) is 69.2 Å². The normalized spacial score (nSPS) is 42.4. The molecule has 2 N–H and O–H groups in total. The molecular formula is C17H24N2S. The molecule has 108 valence electrons. The molecule has 1 aromatic heterocycles. The molecule has 0 unspecified atom stereocenters. The zero-order chi connectivity index (χ0) is 13.3. The van der Waals surface area contributed by atoms with Crippen molar-refractivity contribution in [3.8, 4) is 0 Å². The van der Waals surface area contributed by atoms with Crippen LogP contribution in [-0.2, 0) is 12.0 Å². The number of rotatable bonds is 3. The van der Waals surface area contributed by atoms with Gasteiger partial charge < -0.3 is 5.73 Å². The lowest BCUT2D eigenvalue weighted by Crippen LogP contribution is -2.48. The molecule has 0 amide bonds. The lowest BCUT2D eigenvalue weighted by Gasteiger charge is -2.56. The number of hydrogen-bond acceptors (Lipinski definition) is 3.